The Hall–Kier alpha value is -3.59. The summed E-state index contributed by atoms with van der Waals surface area (Å²) in [4.78, 5) is 0. The Kier molecular flexibility index (Phi) is 5.28. The van der Waals surface area contributed by atoms with Crippen LogP contribution in [0.25, 0.3) is 11.3 Å². The molecule has 30 heavy (non-hydrogen) atoms. The van der Waals surface area contributed by atoms with Crippen LogP contribution in [-0.4, -0.2) is 23.2 Å². The summed E-state index contributed by atoms with van der Waals surface area (Å²) in [6, 6.07) is 18.2. The third-order valence-electron chi connectivity index (χ3n) is 5.38. The SMILES string of the molecule is COc1cccc(C2c3c(n[nH]c3-c3ccc(CC(C)C)cc3)OC(=N)C2C#N)c1. The van der Waals surface area contributed by atoms with Gasteiger partial charge in [0.2, 0.25) is 11.8 Å². The van der Waals surface area contributed by atoms with Crippen molar-refractivity contribution in [2.24, 2.45) is 11.8 Å². The van der Waals surface area contributed by atoms with E-state index in [1.54, 1.807) is 7.11 Å². The highest BCUT2D eigenvalue weighted by Gasteiger charge is 2.40. The van der Waals surface area contributed by atoms with E-state index in [0.29, 0.717) is 17.5 Å². The Balaban J connectivity index is 1.83. The fraction of sp³-hybridized carbons (Fsp3) is 0.292. The van der Waals surface area contributed by atoms with Crippen molar-refractivity contribution in [2.75, 3.05) is 7.11 Å². The van der Waals surface area contributed by atoms with E-state index in [0.717, 1.165) is 28.8 Å². The topological polar surface area (TPSA) is 94.8 Å². The van der Waals surface area contributed by atoms with Crippen LogP contribution in [0.3, 0.4) is 0 Å². The van der Waals surface area contributed by atoms with Gasteiger partial charge in [-0.15, -0.1) is 5.10 Å². The third-order valence-corrected chi connectivity index (χ3v) is 5.38. The first-order valence-electron chi connectivity index (χ1n) is 9.99. The summed E-state index contributed by atoms with van der Waals surface area (Å²) in [7, 11) is 1.61. The van der Waals surface area contributed by atoms with Crippen LogP contribution in [-0.2, 0) is 6.42 Å². The highest BCUT2D eigenvalue weighted by atomic mass is 16.5. The second-order valence-electron chi connectivity index (χ2n) is 7.94. The van der Waals surface area contributed by atoms with Gasteiger partial charge < -0.3 is 9.47 Å². The van der Waals surface area contributed by atoms with Crippen molar-refractivity contribution < 1.29 is 9.47 Å². The number of ether oxygens (including phenoxy) is 2. The van der Waals surface area contributed by atoms with Gasteiger partial charge in [-0.25, -0.2) is 0 Å². The fourth-order valence-electron chi connectivity index (χ4n) is 4.01. The van der Waals surface area contributed by atoms with E-state index >= 15 is 0 Å². The van der Waals surface area contributed by atoms with Crippen LogP contribution < -0.4 is 9.47 Å². The van der Waals surface area contributed by atoms with Crippen molar-refractivity contribution in [3.8, 4) is 29.0 Å². The molecule has 0 amide bonds. The summed E-state index contributed by atoms with van der Waals surface area (Å²) in [5.74, 6) is 0.409. The molecule has 0 fully saturated rings. The second-order valence-corrected chi connectivity index (χ2v) is 7.94. The van der Waals surface area contributed by atoms with Crippen LogP contribution in [0, 0.1) is 28.6 Å². The van der Waals surface area contributed by atoms with E-state index in [4.69, 9.17) is 14.9 Å². The highest BCUT2D eigenvalue weighted by Crippen LogP contribution is 2.46. The lowest BCUT2D eigenvalue weighted by molar-refractivity contribution is 0.411. The molecule has 152 valence electrons. The van der Waals surface area contributed by atoms with Crippen molar-refractivity contribution in [3.05, 3.63) is 65.2 Å². The van der Waals surface area contributed by atoms with E-state index in [9.17, 15) is 5.26 Å². The predicted molar refractivity (Wildman–Crippen MR) is 115 cm³/mol. The number of fused-ring (bicyclic) bond motifs is 1. The lowest BCUT2D eigenvalue weighted by Crippen LogP contribution is -2.30. The molecule has 1 aliphatic rings. The van der Waals surface area contributed by atoms with Crippen molar-refractivity contribution in [1.29, 1.82) is 10.7 Å². The van der Waals surface area contributed by atoms with E-state index in [1.807, 2.05) is 24.3 Å². The molecular formula is C24H24N4O2. The van der Waals surface area contributed by atoms with Crippen LogP contribution in [0.1, 0.15) is 36.5 Å². The van der Waals surface area contributed by atoms with Gasteiger partial charge >= 0.3 is 0 Å². The molecule has 0 spiro atoms. The first-order valence-corrected chi connectivity index (χ1v) is 9.99. The third kappa shape index (κ3) is 3.55. The van der Waals surface area contributed by atoms with Gasteiger partial charge in [-0.2, -0.15) is 5.26 Å². The van der Waals surface area contributed by atoms with Crippen LogP contribution in [0.15, 0.2) is 48.5 Å². The van der Waals surface area contributed by atoms with Gasteiger partial charge in [0.1, 0.15) is 11.7 Å². The molecule has 2 heterocycles. The number of methoxy groups -OCH3 is 1. The predicted octanol–water partition coefficient (Wildman–Crippen LogP) is 4.93. The summed E-state index contributed by atoms with van der Waals surface area (Å²) in [6.07, 6.45) is 1.02. The summed E-state index contributed by atoms with van der Waals surface area (Å²) >= 11 is 0. The van der Waals surface area contributed by atoms with Gasteiger partial charge in [0.15, 0.2) is 0 Å². The number of H-pyrrole nitrogens is 1. The van der Waals surface area contributed by atoms with Crippen molar-refractivity contribution in [1.82, 2.24) is 10.2 Å². The molecule has 4 rings (SSSR count). The minimum Gasteiger partial charge on any atom is -0.497 e. The average molecular weight is 400 g/mol. The number of nitrogens with zero attached hydrogens (tertiary/aromatic N) is 2. The molecule has 6 nitrogen and oxygen atoms in total. The van der Waals surface area contributed by atoms with E-state index in [-0.39, 0.29) is 11.8 Å². The zero-order valence-corrected chi connectivity index (χ0v) is 17.3. The molecule has 2 unspecified atom stereocenters. The number of benzene rings is 2. The quantitative estimate of drug-likeness (QED) is 0.635. The van der Waals surface area contributed by atoms with Gasteiger partial charge in [-0.3, -0.25) is 10.5 Å². The van der Waals surface area contributed by atoms with Gasteiger partial charge in [0.05, 0.1) is 24.4 Å². The first kappa shape index (κ1) is 19.7. The number of aromatic nitrogens is 2. The zero-order chi connectivity index (χ0) is 21.3. The molecular weight excluding hydrogens is 376 g/mol. The summed E-state index contributed by atoms with van der Waals surface area (Å²) < 4.78 is 11.0. The highest BCUT2D eigenvalue weighted by molar-refractivity contribution is 5.86. The number of nitrogens with one attached hydrogen (secondary N) is 2. The van der Waals surface area contributed by atoms with E-state index in [1.165, 1.54) is 5.56 Å². The molecule has 2 aromatic carbocycles. The van der Waals surface area contributed by atoms with E-state index in [2.05, 4.69) is 54.4 Å². The van der Waals surface area contributed by atoms with Gasteiger partial charge in [-0.05, 0) is 41.2 Å². The van der Waals surface area contributed by atoms with Gasteiger partial charge in [-0.1, -0.05) is 50.2 Å². The van der Waals surface area contributed by atoms with Crippen molar-refractivity contribution in [2.45, 2.75) is 26.2 Å². The largest absolute Gasteiger partial charge is 0.497 e. The Morgan fingerprint density at radius 3 is 2.67 bits per heavy atom. The number of rotatable bonds is 5. The molecule has 2 N–H and O–H groups in total. The number of hydrogen-bond donors (Lipinski definition) is 2. The number of aromatic amines is 1. The Morgan fingerprint density at radius 1 is 1.23 bits per heavy atom. The standard InChI is InChI=1S/C24H24N4O2/c1-14(2)11-15-7-9-16(10-8-15)22-21-20(17-5-4-6-18(12-17)29-3)19(13-25)23(26)30-24(21)28-27-22/h4-10,12,14,19-20,26H,11H2,1-3H3,(H,27,28). The minimum absolute atomic E-state index is 0.0943. The maximum Gasteiger partial charge on any atom is 0.244 e. The van der Waals surface area contributed by atoms with Crippen LogP contribution in [0.5, 0.6) is 11.6 Å². The Morgan fingerprint density at radius 2 is 2.00 bits per heavy atom. The second kappa shape index (κ2) is 8.03. The smallest absolute Gasteiger partial charge is 0.244 e. The van der Waals surface area contributed by atoms with Gasteiger partial charge in [0.25, 0.3) is 0 Å². The lowest BCUT2D eigenvalue weighted by atomic mass is 9.78. The monoisotopic (exact) mass is 400 g/mol. The van der Waals surface area contributed by atoms with Crippen LogP contribution >= 0.6 is 0 Å². The zero-order valence-electron chi connectivity index (χ0n) is 17.3. The molecule has 0 saturated heterocycles. The fourth-order valence-corrected chi connectivity index (χ4v) is 4.01. The Bertz CT molecular complexity index is 1110. The number of nitriles is 1. The summed E-state index contributed by atoms with van der Waals surface area (Å²) in [6.45, 7) is 4.40. The normalized spacial score (nSPS) is 17.9. The van der Waals surface area contributed by atoms with Crippen molar-refractivity contribution in [3.63, 3.8) is 0 Å². The molecule has 0 bridgehead atoms. The average Bonchev–Trinajstić information content (AvgIpc) is 3.16. The first-order chi connectivity index (χ1) is 14.5. The number of hydrogen-bond acceptors (Lipinski definition) is 5. The molecule has 6 heteroatoms. The molecule has 3 aromatic rings. The van der Waals surface area contributed by atoms with E-state index < -0.39 is 5.92 Å². The van der Waals surface area contributed by atoms with Gasteiger partial charge in [0, 0.05) is 5.92 Å². The molecule has 0 saturated carbocycles. The lowest BCUT2D eigenvalue weighted by Gasteiger charge is -2.28. The molecule has 0 radical (unpaired) electrons. The molecule has 1 aliphatic heterocycles. The van der Waals surface area contributed by atoms with Crippen LogP contribution in [0.4, 0.5) is 0 Å². The molecule has 2 atom stereocenters. The molecule has 1 aromatic heterocycles. The summed E-state index contributed by atoms with van der Waals surface area (Å²) in [5, 5.41) is 25.5. The van der Waals surface area contributed by atoms with Crippen LogP contribution in [0.2, 0.25) is 0 Å². The molecule has 0 aliphatic carbocycles. The van der Waals surface area contributed by atoms with Crippen molar-refractivity contribution >= 4 is 5.90 Å². The maximum atomic E-state index is 9.83. The maximum absolute atomic E-state index is 9.83. The minimum atomic E-state index is -0.749. The summed E-state index contributed by atoms with van der Waals surface area (Å²) in [5.41, 5.74) is 4.73. The Labute approximate surface area is 176 Å².